The molecule has 0 atom stereocenters. The van der Waals surface area contributed by atoms with Crippen LogP contribution in [-0.2, 0) is 26.2 Å². The van der Waals surface area contributed by atoms with E-state index in [-0.39, 0.29) is 11.4 Å². The van der Waals surface area contributed by atoms with Crippen LogP contribution in [0.25, 0.3) is 11.3 Å². The second-order valence-electron chi connectivity index (χ2n) is 4.19. The average molecular weight is 252 g/mol. The highest BCUT2D eigenvalue weighted by Crippen LogP contribution is 2.12. The topological polar surface area (TPSA) is 53.9 Å². The lowest BCUT2D eigenvalue weighted by Crippen LogP contribution is -2.30. The van der Waals surface area contributed by atoms with Crippen LogP contribution in [-0.4, -0.2) is 18.3 Å². The summed E-state index contributed by atoms with van der Waals surface area (Å²) in [6, 6.07) is 0. The standard InChI is InChI=1S/C12H20N4O2/c1-5-13-9-10(15(7-3)11(13)17)16(8-4)12(18)14(9)6-2/h5-8H2,1-4H3. The molecule has 0 unspecified atom stereocenters. The van der Waals surface area contributed by atoms with E-state index in [4.69, 9.17) is 0 Å². The first-order chi connectivity index (χ1) is 8.62. The third-order valence-corrected chi connectivity index (χ3v) is 3.41. The lowest BCUT2D eigenvalue weighted by Gasteiger charge is -2.02. The van der Waals surface area contributed by atoms with Crippen LogP contribution < -0.4 is 11.4 Å². The molecule has 0 radical (unpaired) electrons. The third kappa shape index (κ3) is 1.41. The average Bonchev–Trinajstić information content (AvgIpc) is 2.78. The van der Waals surface area contributed by atoms with Gasteiger partial charge < -0.3 is 0 Å². The molecule has 0 saturated carbocycles. The predicted octanol–water partition coefficient (Wildman–Crippen LogP) is 0.846. The van der Waals surface area contributed by atoms with Crippen molar-refractivity contribution >= 4 is 11.3 Å². The van der Waals surface area contributed by atoms with Gasteiger partial charge in [0.1, 0.15) is 0 Å². The fourth-order valence-corrected chi connectivity index (χ4v) is 2.57. The number of rotatable bonds is 4. The van der Waals surface area contributed by atoms with Crippen molar-refractivity contribution in [3.63, 3.8) is 0 Å². The molecule has 6 heteroatoms. The summed E-state index contributed by atoms with van der Waals surface area (Å²) in [4.78, 5) is 24.5. The second-order valence-corrected chi connectivity index (χ2v) is 4.19. The van der Waals surface area contributed by atoms with E-state index in [1.54, 1.807) is 18.3 Å². The maximum atomic E-state index is 12.3. The molecule has 0 aliphatic rings. The van der Waals surface area contributed by atoms with Gasteiger partial charge in [0.15, 0.2) is 11.3 Å². The minimum Gasteiger partial charge on any atom is -0.277 e. The van der Waals surface area contributed by atoms with Crippen molar-refractivity contribution in [2.24, 2.45) is 0 Å². The van der Waals surface area contributed by atoms with Gasteiger partial charge in [0.25, 0.3) is 0 Å². The molecule has 0 aliphatic carbocycles. The highest BCUT2D eigenvalue weighted by atomic mass is 16.2. The maximum absolute atomic E-state index is 12.3. The minimum absolute atomic E-state index is 0.0330. The number of hydrogen-bond acceptors (Lipinski definition) is 2. The van der Waals surface area contributed by atoms with Gasteiger partial charge in [-0.2, -0.15) is 0 Å². The molecule has 0 N–H and O–H groups in total. The molecule has 0 spiro atoms. The van der Waals surface area contributed by atoms with Crippen molar-refractivity contribution in [1.29, 1.82) is 0 Å². The zero-order valence-corrected chi connectivity index (χ0v) is 11.4. The van der Waals surface area contributed by atoms with E-state index < -0.39 is 0 Å². The van der Waals surface area contributed by atoms with Crippen LogP contribution in [0.15, 0.2) is 9.59 Å². The van der Waals surface area contributed by atoms with E-state index in [1.807, 2.05) is 27.7 Å². The number of fused-ring (bicyclic) bond motifs is 1. The van der Waals surface area contributed by atoms with Gasteiger partial charge >= 0.3 is 11.4 Å². The highest BCUT2D eigenvalue weighted by Gasteiger charge is 2.21. The Balaban J connectivity index is 3.08. The fraction of sp³-hybridized carbons (Fsp3) is 0.667. The monoisotopic (exact) mass is 252 g/mol. The summed E-state index contributed by atoms with van der Waals surface area (Å²) < 4.78 is 6.71. The first kappa shape index (κ1) is 12.7. The molecule has 0 saturated heterocycles. The van der Waals surface area contributed by atoms with Crippen LogP contribution in [0.4, 0.5) is 0 Å². The fourth-order valence-electron chi connectivity index (χ4n) is 2.57. The molecule has 6 nitrogen and oxygen atoms in total. The van der Waals surface area contributed by atoms with E-state index in [9.17, 15) is 9.59 Å². The van der Waals surface area contributed by atoms with Gasteiger partial charge in [0, 0.05) is 26.2 Å². The molecule has 2 rings (SSSR count). The lowest BCUT2D eigenvalue weighted by molar-refractivity contribution is 0.604. The van der Waals surface area contributed by atoms with Crippen LogP contribution in [0, 0.1) is 0 Å². The number of imidazole rings is 2. The van der Waals surface area contributed by atoms with E-state index in [2.05, 4.69) is 0 Å². The Morgan fingerprint density at radius 3 is 1.00 bits per heavy atom. The summed E-state index contributed by atoms with van der Waals surface area (Å²) in [7, 11) is 0. The Labute approximate surface area is 105 Å². The van der Waals surface area contributed by atoms with Crippen molar-refractivity contribution in [1.82, 2.24) is 18.3 Å². The smallest absolute Gasteiger partial charge is 0.277 e. The van der Waals surface area contributed by atoms with E-state index >= 15 is 0 Å². The van der Waals surface area contributed by atoms with Crippen molar-refractivity contribution in [3.05, 3.63) is 21.0 Å². The molecule has 2 aromatic heterocycles. The van der Waals surface area contributed by atoms with Crippen molar-refractivity contribution in [2.45, 2.75) is 53.9 Å². The molecular formula is C12H20N4O2. The third-order valence-electron chi connectivity index (χ3n) is 3.41. The van der Waals surface area contributed by atoms with E-state index in [0.29, 0.717) is 26.2 Å². The molecule has 0 amide bonds. The Morgan fingerprint density at radius 1 is 0.611 bits per heavy atom. The summed E-state index contributed by atoms with van der Waals surface area (Å²) in [5.74, 6) is 0. The second kappa shape index (κ2) is 4.51. The number of aryl methyl sites for hydroxylation is 4. The Hall–Kier alpha value is -1.72. The molecular weight excluding hydrogens is 232 g/mol. The Morgan fingerprint density at radius 2 is 0.833 bits per heavy atom. The summed E-state index contributed by atoms with van der Waals surface area (Å²) >= 11 is 0. The van der Waals surface area contributed by atoms with Gasteiger partial charge in [-0.1, -0.05) is 0 Å². The first-order valence-corrected chi connectivity index (χ1v) is 6.54. The van der Waals surface area contributed by atoms with Crippen molar-refractivity contribution in [2.75, 3.05) is 0 Å². The summed E-state index contributed by atoms with van der Waals surface area (Å²) in [6.07, 6.45) is 0. The maximum Gasteiger partial charge on any atom is 0.331 e. The number of hydrogen-bond donors (Lipinski definition) is 0. The zero-order valence-electron chi connectivity index (χ0n) is 11.4. The minimum atomic E-state index is -0.0330. The Kier molecular flexibility index (Phi) is 3.19. The zero-order chi connectivity index (χ0) is 13.4. The van der Waals surface area contributed by atoms with E-state index in [1.165, 1.54) is 0 Å². The Bertz CT molecular complexity index is 575. The van der Waals surface area contributed by atoms with Gasteiger partial charge in [-0.15, -0.1) is 0 Å². The summed E-state index contributed by atoms with van der Waals surface area (Å²) in [6.45, 7) is 10.0. The quantitative estimate of drug-likeness (QED) is 0.810. The van der Waals surface area contributed by atoms with Crippen LogP contribution >= 0.6 is 0 Å². The molecule has 0 fully saturated rings. The number of nitrogens with zero attached hydrogens (tertiary/aromatic N) is 4. The first-order valence-electron chi connectivity index (χ1n) is 6.54. The van der Waals surface area contributed by atoms with Crippen LogP contribution in [0.5, 0.6) is 0 Å². The van der Waals surface area contributed by atoms with Gasteiger partial charge in [-0.25, -0.2) is 9.59 Å². The van der Waals surface area contributed by atoms with Crippen LogP contribution in [0.2, 0.25) is 0 Å². The predicted molar refractivity (Wildman–Crippen MR) is 71.1 cm³/mol. The lowest BCUT2D eigenvalue weighted by atomic mass is 10.6. The van der Waals surface area contributed by atoms with Crippen LogP contribution in [0.1, 0.15) is 27.7 Å². The molecule has 0 aliphatic heterocycles. The highest BCUT2D eigenvalue weighted by molar-refractivity contribution is 5.69. The normalized spacial score (nSPS) is 11.6. The van der Waals surface area contributed by atoms with Crippen molar-refractivity contribution < 1.29 is 0 Å². The van der Waals surface area contributed by atoms with Gasteiger partial charge in [-0.3, -0.25) is 18.3 Å². The molecule has 0 aromatic carbocycles. The van der Waals surface area contributed by atoms with Gasteiger partial charge in [0.2, 0.25) is 0 Å². The molecule has 0 bridgehead atoms. The summed E-state index contributed by atoms with van der Waals surface area (Å²) in [5.41, 5.74) is 1.43. The molecule has 100 valence electrons. The SMILES string of the molecule is CCn1c(=O)n(CC)c2c1n(CC)c(=O)n2CC. The number of aromatic nitrogens is 4. The molecule has 2 heterocycles. The van der Waals surface area contributed by atoms with Crippen molar-refractivity contribution in [3.8, 4) is 0 Å². The summed E-state index contributed by atoms with van der Waals surface area (Å²) in [5, 5.41) is 0. The largest absolute Gasteiger partial charge is 0.331 e. The van der Waals surface area contributed by atoms with Crippen LogP contribution in [0.3, 0.4) is 0 Å². The molecule has 2 aromatic rings. The van der Waals surface area contributed by atoms with Gasteiger partial charge in [-0.05, 0) is 27.7 Å². The molecule has 18 heavy (non-hydrogen) atoms. The van der Waals surface area contributed by atoms with E-state index in [0.717, 1.165) is 11.3 Å². The van der Waals surface area contributed by atoms with Gasteiger partial charge in [0.05, 0.1) is 0 Å².